The Bertz CT molecular complexity index is 916. The van der Waals surface area contributed by atoms with E-state index < -0.39 is 0 Å². The van der Waals surface area contributed by atoms with E-state index in [2.05, 4.69) is 30.4 Å². The molecule has 1 aromatic carbocycles. The van der Waals surface area contributed by atoms with Gasteiger partial charge in [-0.1, -0.05) is 69.2 Å². The minimum atomic E-state index is -0.336. The molecule has 0 saturated carbocycles. The largest absolute Gasteiger partial charge is 0.402 e. The number of hydrogen-bond donors (Lipinski definition) is 3. The van der Waals surface area contributed by atoms with Crippen molar-refractivity contribution in [3.05, 3.63) is 115 Å². The maximum atomic E-state index is 12.2. The third-order valence-electron chi connectivity index (χ3n) is 4.09. The first-order valence-corrected chi connectivity index (χ1v) is 10.0. The summed E-state index contributed by atoms with van der Waals surface area (Å²) in [6.45, 7) is 13.4. The maximum absolute atomic E-state index is 12.2. The van der Waals surface area contributed by atoms with Crippen LogP contribution in [0.2, 0.25) is 0 Å². The predicted octanol–water partition coefficient (Wildman–Crippen LogP) is 4.96. The fourth-order valence-corrected chi connectivity index (χ4v) is 2.57. The summed E-state index contributed by atoms with van der Waals surface area (Å²) in [6.07, 6.45) is 15.3. The Morgan fingerprint density at radius 2 is 1.68 bits per heavy atom. The highest BCUT2D eigenvalue weighted by Crippen LogP contribution is 2.12. The summed E-state index contributed by atoms with van der Waals surface area (Å²) < 4.78 is 0. The Morgan fingerprint density at radius 3 is 2.26 bits per heavy atom. The highest BCUT2D eigenvalue weighted by molar-refractivity contribution is 6.00. The van der Waals surface area contributed by atoms with E-state index in [4.69, 9.17) is 5.73 Å². The van der Waals surface area contributed by atoms with Crippen molar-refractivity contribution in [2.24, 2.45) is 5.73 Å². The van der Waals surface area contributed by atoms with E-state index in [1.807, 2.05) is 25.2 Å². The topological polar surface area (TPSA) is 84.2 Å². The Kier molecular flexibility index (Phi) is 11.5. The standard InChI is InChI=1S/C26H31N3O2/c1-5-9-12-21(11-7-3)17-23(27)18-25(30)29-24-15-13-22(14-16-24)26(31)28-19-20(8-4)10-6-2/h6-16,18H,2-5,17,19,27H2,1H3,(H,28,31)(H,29,30)/b12-9-,20-10+,21-11+,23-18-. The molecule has 5 nitrogen and oxygen atoms in total. The van der Waals surface area contributed by atoms with Crippen LogP contribution < -0.4 is 16.4 Å². The second kappa shape index (κ2) is 14.2. The van der Waals surface area contributed by atoms with Crippen LogP contribution in [0.5, 0.6) is 0 Å². The van der Waals surface area contributed by atoms with Crippen LogP contribution in [0.1, 0.15) is 30.1 Å². The lowest BCUT2D eigenvalue weighted by Gasteiger charge is -2.08. The molecule has 0 aliphatic rings. The highest BCUT2D eigenvalue weighted by Gasteiger charge is 2.07. The van der Waals surface area contributed by atoms with E-state index in [9.17, 15) is 9.59 Å². The monoisotopic (exact) mass is 417 g/mol. The molecule has 2 amide bonds. The first kappa shape index (κ1) is 25.2. The number of carbonyl (C=O) groups is 2. The van der Waals surface area contributed by atoms with Crippen LogP contribution in [0.4, 0.5) is 5.69 Å². The molecule has 1 rings (SSSR count). The fourth-order valence-electron chi connectivity index (χ4n) is 2.57. The van der Waals surface area contributed by atoms with Gasteiger partial charge in [0.25, 0.3) is 5.91 Å². The van der Waals surface area contributed by atoms with Crippen molar-refractivity contribution in [2.75, 3.05) is 11.9 Å². The van der Waals surface area contributed by atoms with Crippen LogP contribution in [0.15, 0.2) is 109 Å². The molecule has 4 N–H and O–H groups in total. The Hall–Kier alpha value is -3.86. The average Bonchev–Trinajstić information content (AvgIpc) is 2.75. The van der Waals surface area contributed by atoms with Crippen LogP contribution in [-0.4, -0.2) is 18.4 Å². The SMILES string of the molecule is C=C/C=C(\C=C/CC)C/C(N)=C/C(=O)Nc1ccc(C(=O)NC/C(C=C)=C/C=C)cc1. The molecule has 0 aliphatic heterocycles. The van der Waals surface area contributed by atoms with E-state index >= 15 is 0 Å². The van der Waals surface area contributed by atoms with Gasteiger partial charge in [-0.15, -0.1) is 0 Å². The second-order valence-corrected chi connectivity index (χ2v) is 6.61. The average molecular weight is 418 g/mol. The molecule has 162 valence electrons. The van der Waals surface area contributed by atoms with Crippen molar-refractivity contribution in [3.63, 3.8) is 0 Å². The molecular formula is C26H31N3O2. The van der Waals surface area contributed by atoms with E-state index in [0.717, 1.165) is 17.6 Å². The zero-order chi connectivity index (χ0) is 23.1. The summed E-state index contributed by atoms with van der Waals surface area (Å²) in [7, 11) is 0. The third kappa shape index (κ3) is 9.94. The lowest BCUT2D eigenvalue weighted by atomic mass is 10.1. The molecule has 0 aromatic heterocycles. The van der Waals surface area contributed by atoms with Gasteiger partial charge in [-0.05, 0) is 41.8 Å². The zero-order valence-electron chi connectivity index (χ0n) is 18.1. The van der Waals surface area contributed by atoms with Crippen molar-refractivity contribution in [3.8, 4) is 0 Å². The van der Waals surface area contributed by atoms with Gasteiger partial charge in [0, 0.05) is 36.0 Å². The van der Waals surface area contributed by atoms with Gasteiger partial charge < -0.3 is 16.4 Å². The summed E-state index contributed by atoms with van der Waals surface area (Å²) in [5, 5.41) is 5.55. The van der Waals surface area contributed by atoms with Crippen molar-refractivity contribution in [2.45, 2.75) is 19.8 Å². The van der Waals surface area contributed by atoms with Gasteiger partial charge in [-0.2, -0.15) is 0 Å². The summed E-state index contributed by atoms with van der Waals surface area (Å²) >= 11 is 0. The minimum absolute atomic E-state index is 0.222. The van der Waals surface area contributed by atoms with Gasteiger partial charge in [0.1, 0.15) is 0 Å². The first-order chi connectivity index (χ1) is 14.9. The van der Waals surface area contributed by atoms with E-state index in [1.54, 1.807) is 48.6 Å². The van der Waals surface area contributed by atoms with Gasteiger partial charge in [0.15, 0.2) is 0 Å². The smallest absolute Gasteiger partial charge is 0.251 e. The molecule has 0 aliphatic carbocycles. The molecule has 0 bridgehead atoms. The number of nitrogens with one attached hydrogen (secondary N) is 2. The molecular weight excluding hydrogens is 386 g/mol. The van der Waals surface area contributed by atoms with Crippen LogP contribution in [0, 0.1) is 0 Å². The molecule has 0 atom stereocenters. The van der Waals surface area contributed by atoms with Crippen LogP contribution in [0.25, 0.3) is 0 Å². The summed E-state index contributed by atoms with van der Waals surface area (Å²) in [5.41, 5.74) is 9.32. The van der Waals surface area contributed by atoms with Gasteiger partial charge in [-0.3, -0.25) is 9.59 Å². The molecule has 0 radical (unpaired) electrons. The van der Waals surface area contributed by atoms with Gasteiger partial charge in [0.2, 0.25) is 5.91 Å². The van der Waals surface area contributed by atoms with E-state index in [0.29, 0.717) is 29.9 Å². The molecule has 5 heteroatoms. The number of amides is 2. The Morgan fingerprint density at radius 1 is 1.03 bits per heavy atom. The van der Waals surface area contributed by atoms with Gasteiger partial charge in [0.05, 0.1) is 0 Å². The van der Waals surface area contributed by atoms with Gasteiger partial charge in [-0.25, -0.2) is 0 Å². The van der Waals surface area contributed by atoms with Crippen molar-refractivity contribution in [1.82, 2.24) is 5.32 Å². The normalized spacial score (nSPS) is 12.4. The van der Waals surface area contributed by atoms with Gasteiger partial charge >= 0.3 is 0 Å². The Labute approximate surface area is 185 Å². The zero-order valence-corrected chi connectivity index (χ0v) is 18.1. The number of benzene rings is 1. The second-order valence-electron chi connectivity index (χ2n) is 6.61. The van der Waals surface area contributed by atoms with Crippen LogP contribution in [0.3, 0.4) is 0 Å². The number of nitrogens with two attached hydrogens (primary N) is 1. The molecule has 0 heterocycles. The van der Waals surface area contributed by atoms with Crippen molar-refractivity contribution < 1.29 is 9.59 Å². The van der Waals surface area contributed by atoms with E-state index in [1.165, 1.54) is 6.08 Å². The summed E-state index contributed by atoms with van der Waals surface area (Å²) in [5.74, 6) is -0.558. The molecule has 1 aromatic rings. The lowest BCUT2D eigenvalue weighted by molar-refractivity contribution is -0.112. The van der Waals surface area contributed by atoms with Crippen LogP contribution in [-0.2, 0) is 4.79 Å². The first-order valence-electron chi connectivity index (χ1n) is 10.0. The minimum Gasteiger partial charge on any atom is -0.402 e. The molecule has 0 unspecified atom stereocenters. The van der Waals surface area contributed by atoms with E-state index in [-0.39, 0.29) is 11.8 Å². The maximum Gasteiger partial charge on any atom is 0.251 e. The molecule has 0 spiro atoms. The number of carbonyl (C=O) groups excluding carboxylic acids is 2. The van der Waals surface area contributed by atoms with Crippen LogP contribution >= 0.6 is 0 Å². The number of rotatable bonds is 12. The number of allylic oxidation sites excluding steroid dienone is 7. The molecule has 31 heavy (non-hydrogen) atoms. The Balaban J connectivity index is 2.70. The molecule has 0 saturated heterocycles. The quantitative estimate of drug-likeness (QED) is 0.332. The van der Waals surface area contributed by atoms with Crippen molar-refractivity contribution in [1.29, 1.82) is 0 Å². The highest BCUT2D eigenvalue weighted by atomic mass is 16.2. The number of hydrogen-bond acceptors (Lipinski definition) is 3. The summed E-state index contributed by atoms with van der Waals surface area (Å²) in [4.78, 5) is 24.5. The summed E-state index contributed by atoms with van der Waals surface area (Å²) in [6, 6.07) is 6.61. The lowest BCUT2D eigenvalue weighted by Crippen LogP contribution is -2.25. The van der Waals surface area contributed by atoms with Crippen molar-refractivity contribution >= 4 is 17.5 Å². The third-order valence-corrected chi connectivity index (χ3v) is 4.09. The number of anilines is 1. The molecule has 0 fully saturated rings. The predicted molar refractivity (Wildman–Crippen MR) is 130 cm³/mol. The fraction of sp³-hybridized carbons (Fsp3) is 0.154.